The Morgan fingerprint density at radius 2 is 1.92 bits per heavy atom. The van der Waals surface area contributed by atoms with Gasteiger partial charge in [0.25, 0.3) is 0 Å². The Morgan fingerprint density at radius 1 is 1.12 bits per heavy atom. The largest absolute Gasteiger partial charge is 0.346 e. The molecule has 1 atom stereocenters. The van der Waals surface area contributed by atoms with Gasteiger partial charge in [-0.25, -0.2) is 4.98 Å². The van der Waals surface area contributed by atoms with Crippen molar-refractivity contribution in [3.63, 3.8) is 0 Å². The average Bonchev–Trinajstić information content (AvgIpc) is 3.09. The number of rotatable bonds is 3. The SMILES string of the molecule is Cc1ccc(CN2CCN(c3ccc4cc[nH]c4n3)C(C)C2=O)cc1. The predicted octanol–water partition coefficient (Wildman–Crippen LogP) is 3.11. The molecule has 1 unspecified atom stereocenters. The van der Waals surface area contributed by atoms with E-state index in [1.165, 1.54) is 11.1 Å². The number of amides is 1. The molecule has 1 saturated heterocycles. The van der Waals surface area contributed by atoms with Gasteiger partial charge in [0.15, 0.2) is 0 Å². The van der Waals surface area contributed by atoms with Crippen LogP contribution in [0.2, 0.25) is 0 Å². The number of aryl methyl sites for hydroxylation is 1. The quantitative estimate of drug-likeness (QED) is 0.801. The molecule has 0 radical (unpaired) electrons. The Kier molecular flexibility index (Phi) is 3.92. The van der Waals surface area contributed by atoms with Crippen LogP contribution in [0.5, 0.6) is 0 Å². The Bertz CT molecular complexity index is 899. The van der Waals surface area contributed by atoms with Gasteiger partial charge in [-0.1, -0.05) is 29.8 Å². The molecular weight excluding hydrogens is 312 g/mol. The van der Waals surface area contributed by atoms with Crippen molar-refractivity contribution in [1.29, 1.82) is 0 Å². The van der Waals surface area contributed by atoms with Gasteiger partial charge in [-0.05, 0) is 37.6 Å². The number of carbonyl (C=O) groups excluding carboxylic acids is 1. The molecule has 0 bridgehead atoms. The zero-order valence-electron chi connectivity index (χ0n) is 14.6. The summed E-state index contributed by atoms with van der Waals surface area (Å²) >= 11 is 0. The number of benzene rings is 1. The summed E-state index contributed by atoms with van der Waals surface area (Å²) in [5, 5.41) is 1.08. The van der Waals surface area contributed by atoms with Crippen LogP contribution in [0.25, 0.3) is 11.0 Å². The first-order valence-electron chi connectivity index (χ1n) is 8.67. The Balaban J connectivity index is 1.51. The van der Waals surface area contributed by atoms with Crippen molar-refractivity contribution in [3.05, 3.63) is 59.8 Å². The maximum Gasteiger partial charge on any atom is 0.245 e. The lowest BCUT2D eigenvalue weighted by atomic mass is 10.1. The highest BCUT2D eigenvalue weighted by Crippen LogP contribution is 2.23. The number of pyridine rings is 1. The third kappa shape index (κ3) is 2.97. The van der Waals surface area contributed by atoms with Crippen molar-refractivity contribution in [2.24, 2.45) is 0 Å². The number of aromatic amines is 1. The van der Waals surface area contributed by atoms with Crippen LogP contribution >= 0.6 is 0 Å². The molecule has 5 nitrogen and oxygen atoms in total. The van der Waals surface area contributed by atoms with Gasteiger partial charge < -0.3 is 14.8 Å². The molecule has 0 saturated carbocycles. The predicted molar refractivity (Wildman–Crippen MR) is 99.5 cm³/mol. The summed E-state index contributed by atoms with van der Waals surface area (Å²) < 4.78 is 0. The minimum absolute atomic E-state index is 0.153. The van der Waals surface area contributed by atoms with Crippen molar-refractivity contribution in [3.8, 4) is 0 Å². The number of nitrogens with one attached hydrogen (secondary N) is 1. The molecule has 0 spiro atoms. The van der Waals surface area contributed by atoms with Crippen LogP contribution in [-0.4, -0.2) is 39.9 Å². The van der Waals surface area contributed by atoms with Crippen molar-refractivity contribution in [2.45, 2.75) is 26.4 Å². The van der Waals surface area contributed by atoms with Crippen LogP contribution in [0.4, 0.5) is 5.82 Å². The normalized spacial score (nSPS) is 18.2. The van der Waals surface area contributed by atoms with E-state index in [2.05, 4.69) is 46.1 Å². The summed E-state index contributed by atoms with van der Waals surface area (Å²) in [6.07, 6.45) is 1.88. The zero-order valence-corrected chi connectivity index (χ0v) is 14.6. The summed E-state index contributed by atoms with van der Waals surface area (Å²) in [5.74, 6) is 1.01. The first-order chi connectivity index (χ1) is 12.1. The van der Waals surface area contributed by atoms with Crippen LogP contribution in [0.3, 0.4) is 0 Å². The highest BCUT2D eigenvalue weighted by Gasteiger charge is 2.32. The van der Waals surface area contributed by atoms with Crippen molar-refractivity contribution >= 4 is 22.8 Å². The number of hydrogen-bond donors (Lipinski definition) is 1. The standard InChI is InChI=1S/C20H22N4O/c1-14-3-5-16(6-4-14)13-23-11-12-24(15(2)20(23)25)18-8-7-17-9-10-21-19(17)22-18/h3-10,15H,11-13H2,1-2H3,(H,21,22). The van der Waals surface area contributed by atoms with Crippen molar-refractivity contribution in [1.82, 2.24) is 14.9 Å². The van der Waals surface area contributed by atoms with Gasteiger partial charge in [0, 0.05) is 31.2 Å². The lowest BCUT2D eigenvalue weighted by Crippen LogP contribution is -2.55. The summed E-state index contributed by atoms with van der Waals surface area (Å²) in [6.45, 7) is 6.20. The lowest BCUT2D eigenvalue weighted by molar-refractivity contribution is -0.134. The monoisotopic (exact) mass is 334 g/mol. The second-order valence-electron chi connectivity index (χ2n) is 6.70. The Morgan fingerprint density at radius 3 is 2.72 bits per heavy atom. The van der Waals surface area contributed by atoms with Crippen molar-refractivity contribution in [2.75, 3.05) is 18.0 Å². The van der Waals surface area contributed by atoms with Gasteiger partial charge in [0.1, 0.15) is 17.5 Å². The maximum atomic E-state index is 12.8. The van der Waals surface area contributed by atoms with E-state index in [0.29, 0.717) is 13.1 Å². The molecule has 1 aromatic carbocycles. The molecule has 1 aliphatic heterocycles. The fraction of sp³-hybridized carbons (Fsp3) is 0.300. The van der Waals surface area contributed by atoms with Gasteiger partial charge in [-0.3, -0.25) is 4.79 Å². The molecule has 2 aromatic heterocycles. The van der Waals surface area contributed by atoms with Gasteiger partial charge in [0.05, 0.1) is 0 Å². The fourth-order valence-corrected chi connectivity index (χ4v) is 3.39. The molecule has 1 amide bonds. The molecule has 3 heterocycles. The van der Waals surface area contributed by atoms with Crippen LogP contribution in [0, 0.1) is 6.92 Å². The number of hydrogen-bond acceptors (Lipinski definition) is 3. The van der Waals surface area contributed by atoms with Crippen LogP contribution in [-0.2, 0) is 11.3 Å². The molecule has 25 heavy (non-hydrogen) atoms. The van der Waals surface area contributed by atoms with E-state index in [0.717, 1.165) is 23.4 Å². The minimum atomic E-state index is -0.209. The number of piperazine rings is 1. The molecule has 1 aliphatic rings. The molecule has 128 valence electrons. The van der Waals surface area contributed by atoms with Gasteiger partial charge in [-0.2, -0.15) is 0 Å². The van der Waals surface area contributed by atoms with E-state index in [1.54, 1.807) is 0 Å². The van der Waals surface area contributed by atoms with Crippen molar-refractivity contribution < 1.29 is 4.79 Å². The molecule has 5 heteroatoms. The van der Waals surface area contributed by atoms with Gasteiger partial charge >= 0.3 is 0 Å². The van der Waals surface area contributed by atoms with E-state index >= 15 is 0 Å². The summed E-state index contributed by atoms with van der Waals surface area (Å²) in [5.41, 5.74) is 3.27. The minimum Gasteiger partial charge on any atom is -0.346 e. The third-order valence-corrected chi connectivity index (χ3v) is 4.93. The molecule has 0 aliphatic carbocycles. The van der Waals surface area contributed by atoms with Crippen LogP contribution in [0.1, 0.15) is 18.1 Å². The third-order valence-electron chi connectivity index (χ3n) is 4.93. The van der Waals surface area contributed by atoms with E-state index in [1.807, 2.05) is 36.2 Å². The molecule has 3 aromatic rings. The highest BCUT2D eigenvalue weighted by atomic mass is 16.2. The zero-order chi connectivity index (χ0) is 17.4. The van der Waals surface area contributed by atoms with Crippen LogP contribution in [0.15, 0.2) is 48.7 Å². The summed E-state index contributed by atoms with van der Waals surface area (Å²) in [6, 6.07) is 14.2. The number of fused-ring (bicyclic) bond motifs is 1. The van der Waals surface area contributed by atoms with E-state index in [9.17, 15) is 4.79 Å². The Labute approximate surface area is 147 Å². The number of carbonyl (C=O) groups is 1. The van der Waals surface area contributed by atoms with E-state index in [4.69, 9.17) is 0 Å². The average molecular weight is 334 g/mol. The lowest BCUT2D eigenvalue weighted by Gasteiger charge is -2.39. The topological polar surface area (TPSA) is 52.2 Å². The highest BCUT2D eigenvalue weighted by molar-refractivity contribution is 5.86. The fourth-order valence-electron chi connectivity index (χ4n) is 3.39. The second-order valence-corrected chi connectivity index (χ2v) is 6.70. The first kappa shape index (κ1) is 15.7. The Hall–Kier alpha value is -2.82. The van der Waals surface area contributed by atoms with Gasteiger partial charge in [-0.15, -0.1) is 0 Å². The van der Waals surface area contributed by atoms with Crippen LogP contribution < -0.4 is 4.90 Å². The molecular formula is C20H22N4O. The summed E-state index contributed by atoms with van der Waals surface area (Å²) in [7, 11) is 0. The maximum absolute atomic E-state index is 12.8. The molecule has 1 fully saturated rings. The molecule has 1 N–H and O–H groups in total. The smallest absolute Gasteiger partial charge is 0.245 e. The second kappa shape index (κ2) is 6.24. The van der Waals surface area contributed by atoms with E-state index in [-0.39, 0.29) is 11.9 Å². The number of nitrogens with zero attached hydrogens (tertiary/aromatic N) is 3. The number of H-pyrrole nitrogens is 1. The molecule has 4 rings (SSSR count). The first-order valence-corrected chi connectivity index (χ1v) is 8.67. The van der Waals surface area contributed by atoms with E-state index < -0.39 is 0 Å². The van der Waals surface area contributed by atoms with Gasteiger partial charge in [0.2, 0.25) is 5.91 Å². The summed E-state index contributed by atoms with van der Waals surface area (Å²) in [4.78, 5) is 24.7. The number of anilines is 1. The number of aromatic nitrogens is 2.